The average molecular weight is 398 g/mol. The number of hydrogen-bond donors (Lipinski definition) is 2. The minimum absolute atomic E-state index is 0.0898. The van der Waals surface area contributed by atoms with Gasteiger partial charge in [0.1, 0.15) is 0 Å². The smallest absolute Gasteiger partial charge is 0.231 e. The predicted octanol–water partition coefficient (Wildman–Crippen LogP) is 3.28. The minimum atomic E-state index is -0.186. The number of piperidine rings is 1. The summed E-state index contributed by atoms with van der Waals surface area (Å²) in [6.07, 6.45) is 8.15. The first kappa shape index (κ1) is 20.4. The summed E-state index contributed by atoms with van der Waals surface area (Å²) in [6.45, 7) is 5.03. The molecule has 158 valence electrons. The van der Waals surface area contributed by atoms with Crippen molar-refractivity contribution in [1.29, 1.82) is 0 Å². The van der Waals surface area contributed by atoms with Gasteiger partial charge >= 0.3 is 0 Å². The first-order valence-corrected chi connectivity index (χ1v) is 11.5. The second kappa shape index (κ2) is 9.29. The van der Waals surface area contributed by atoms with Gasteiger partial charge in [-0.3, -0.25) is 9.59 Å². The third-order valence-electron chi connectivity index (χ3n) is 7.12. The van der Waals surface area contributed by atoms with Crippen molar-refractivity contribution in [2.24, 2.45) is 17.8 Å². The van der Waals surface area contributed by atoms with Crippen molar-refractivity contribution in [3.05, 3.63) is 29.8 Å². The van der Waals surface area contributed by atoms with Gasteiger partial charge in [-0.15, -0.1) is 0 Å². The van der Waals surface area contributed by atoms with E-state index in [0.29, 0.717) is 5.92 Å². The highest BCUT2D eigenvalue weighted by Gasteiger charge is 2.41. The lowest BCUT2D eigenvalue weighted by Crippen LogP contribution is -2.47. The van der Waals surface area contributed by atoms with Crippen molar-refractivity contribution in [2.45, 2.75) is 64.3 Å². The Bertz CT molecular complexity index is 729. The third-order valence-corrected chi connectivity index (χ3v) is 7.12. The van der Waals surface area contributed by atoms with E-state index in [1.54, 1.807) is 0 Å². The maximum Gasteiger partial charge on any atom is 0.231 e. The van der Waals surface area contributed by atoms with E-state index in [1.807, 2.05) is 23.1 Å². The number of fused-ring (bicyclic) bond motifs is 1. The summed E-state index contributed by atoms with van der Waals surface area (Å²) in [5.74, 6) is 0.537. The molecule has 2 fully saturated rings. The summed E-state index contributed by atoms with van der Waals surface area (Å²) in [5.41, 5.74) is 2.28. The van der Waals surface area contributed by atoms with Crippen molar-refractivity contribution in [3.8, 4) is 0 Å². The van der Waals surface area contributed by atoms with Gasteiger partial charge < -0.3 is 15.5 Å². The minimum Gasteiger partial charge on any atom is -0.356 e. The Morgan fingerprint density at radius 2 is 1.90 bits per heavy atom. The molecule has 0 bridgehead atoms. The van der Waals surface area contributed by atoms with Crippen LogP contribution in [0, 0.1) is 17.8 Å². The molecule has 0 spiro atoms. The number of carbonyl (C=O) groups is 2. The highest BCUT2D eigenvalue weighted by Crippen LogP contribution is 2.38. The zero-order chi connectivity index (χ0) is 20.2. The van der Waals surface area contributed by atoms with Crippen LogP contribution >= 0.6 is 0 Å². The second-order valence-corrected chi connectivity index (χ2v) is 9.18. The lowest BCUT2D eigenvalue weighted by atomic mass is 9.77. The van der Waals surface area contributed by atoms with Crippen LogP contribution in [0.1, 0.15) is 57.4 Å². The molecular weight excluding hydrogens is 362 g/mol. The number of carbonyl (C=O) groups excluding carboxylic acids is 2. The number of para-hydroxylation sites is 1. The van der Waals surface area contributed by atoms with Crippen LogP contribution < -0.4 is 15.5 Å². The highest BCUT2D eigenvalue weighted by molar-refractivity contribution is 6.00. The molecule has 2 amide bonds. The lowest BCUT2D eigenvalue weighted by Gasteiger charge is -2.34. The summed E-state index contributed by atoms with van der Waals surface area (Å²) in [6, 6.07) is 8.38. The summed E-state index contributed by atoms with van der Waals surface area (Å²) in [5, 5.41) is 6.61. The summed E-state index contributed by atoms with van der Waals surface area (Å²) >= 11 is 0. The van der Waals surface area contributed by atoms with E-state index in [9.17, 15) is 9.59 Å². The Morgan fingerprint density at radius 3 is 2.69 bits per heavy atom. The molecule has 5 nitrogen and oxygen atoms in total. The maximum absolute atomic E-state index is 13.5. The first-order chi connectivity index (χ1) is 14.1. The van der Waals surface area contributed by atoms with Crippen molar-refractivity contribution in [2.75, 3.05) is 24.5 Å². The zero-order valence-electron chi connectivity index (χ0n) is 17.7. The Morgan fingerprint density at radius 1 is 1.10 bits per heavy atom. The Balaban J connectivity index is 1.39. The van der Waals surface area contributed by atoms with E-state index in [2.05, 4.69) is 23.6 Å². The molecule has 0 radical (unpaired) electrons. The molecule has 4 rings (SSSR count). The first-order valence-electron chi connectivity index (χ1n) is 11.5. The number of rotatable bonds is 5. The largest absolute Gasteiger partial charge is 0.356 e. The van der Waals surface area contributed by atoms with Crippen molar-refractivity contribution in [1.82, 2.24) is 10.6 Å². The fourth-order valence-corrected chi connectivity index (χ4v) is 5.52. The van der Waals surface area contributed by atoms with Gasteiger partial charge in [0.05, 0.1) is 5.92 Å². The van der Waals surface area contributed by atoms with E-state index >= 15 is 0 Å². The lowest BCUT2D eigenvalue weighted by molar-refractivity contribution is -0.135. The third kappa shape index (κ3) is 4.50. The van der Waals surface area contributed by atoms with E-state index in [4.69, 9.17) is 0 Å². The van der Waals surface area contributed by atoms with E-state index in [0.717, 1.165) is 63.8 Å². The van der Waals surface area contributed by atoms with Crippen LogP contribution in [0.5, 0.6) is 0 Å². The Labute approximate surface area is 174 Å². The van der Waals surface area contributed by atoms with Gasteiger partial charge in [0.25, 0.3) is 0 Å². The molecule has 1 aromatic carbocycles. The van der Waals surface area contributed by atoms with Crippen molar-refractivity contribution >= 4 is 17.5 Å². The van der Waals surface area contributed by atoms with Gasteiger partial charge in [-0.2, -0.15) is 0 Å². The van der Waals surface area contributed by atoms with Crippen LogP contribution in [-0.2, 0) is 16.0 Å². The SMILES string of the molecule is CC1Cc2ccccc2N1C(=O)C1CCCCC1C(=O)NCCC1CCCNC1. The van der Waals surface area contributed by atoms with Crippen molar-refractivity contribution in [3.63, 3.8) is 0 Å². The Hall–Kier alpha value is -1.88. The molecule has 4 unspecified atom stereocenters. The summed E-state index contributed by atoms with van der Waals surface area (Å²) in [4.78, 5) is 28.5. The van der Waals surface area contributed by atoms with Crippen LogP contribution in [0.3, 0.4) is 0 Å². The molecule has 2 heterocycles. The quantitative estimate of drug-likeness (QED) is 0.802. The van der Waals surface area contributed by atoms with Crippen LogP contribution in [-0.4, -0.2) is 37.5 Å². The van der Waals surface area contributed by atoms with Crippen LogP contribution in [0.2, 0.25) is 0 Å². The molecule has 1 aliphatic carbocycles. The molecule has 0 aromatic heterocycles. The molecule has 3 aliphatic rings. The van der Waals surface area contributed by atoms with Crippen LogP contribution in [0.4, 0.5) is 5.69 Å². The summed E-state index contributed by atoms with van der Waals surface area (Å²) in [7, 11) is 0. The number of nitrogens with zero attached hydrogens (tertiary/aromatic N) is 1. The number of anilines is 1. The number of benzene rings is 1. The van der Waals surface area contributed by atoms with E-state index in [-0.39, 0.29) is 29.7 Å². The molecule has 4 atom stereocenters. The molecule has 1 saturated heterocycles. The molecule has 2 aliphatic heterocycles. The maximum atomic E-state index is 13.5. The van der Waals surface area contributed by atoms with Gasteiger partial charge in [-0.25, -0.2) is 0 Å². The Kier molecular flexibility index (Phi) is 6.53. The fraction of sp³-hybridized carbons (Fsp3) is 0.667. The van der Waals surface area contributed by atoms with Crippen LogP contribution in [0.25, 0.3) is 0 Å². The standard InChI is InChI=1S/C24H35N3O2/c1-17-15-19-8-2-5-11-22(19)27(17)24(29)21-10-4-3-9-20(21)23(28)26-14-12-18-7-6-13-25-16-18/h2,5,8,11,17-18,20-21,25H,3-4,6-7,9-10,12-16H2,1H3,(H,26,28). The molecular formula is C24H35N3O2. The van der Waals surface area contributed by atoms with E-state index < -0.39 is 0 Å². The van der Waals surface area contributed by atoms with Crippen molar-refractivity contribution < 1.29 is 9.59 Å². The molecule has 2 N–H and O–H groups in total. The fourth-order valence-electron chi connectivity index (χ4n) is 5.52. The number of amides is 2. The van der Waals surface area contributed by atoms with Crippen LogP contribution in [0.15, 0.2) is 24.3 Å². The van der Waals surface area contributed by atoms with Gasteiger partial charge in [0, 0.05) is 24.2 Å². The molecule has 5 heteroatoms. The van der Waals surface area contributed by atoms with Gasteiger partial charge in [-0.1, -0.05) is 31.0 Å². The van der Waals surface area contributed by atoms with Gasteiger partial charge in [0.15, 0.2) is 0 Å². The highest BCUT2D eigenvalue weighted by atomic mass is 16.2. The zero-order valence-corrected chi connectivity index (χ0v) is 17.7. The van der Waals surface area contributed by atoms with Gasteiger partial charge in [0.2, 0.25) is 11.8 Å². The molecule has 1 saturated carbocycles. The average Bonchev–Trinajstić information content (AvgIpc) is 3.09. The molecule has 29 heavy (non-hydrogen) atoms. The summed E-state index contributed by atoms with van der Waals surface area (Å²) < 4.78 is 0. The normalized spacial score (nSPS) is 29.3. The number of hydrogen-bond acceptors (Lipinski definition) is 3. The number of nitrogens with one attached hydrogen (secondary N) is 2. The topological polar surface area (TPSA) is 61.4 Å². The van der Waals surface area contributed by atoms with Gasteiger partial charge in [-0.05, 0) is 76.1 Å². The monoisotopic (exact) mass is 397 g/mol. The molecule has 1 aromatic rings. The second-order valence-electron chi connectivity index (χ2n) is 9.18. The predicted molar refractivity (Wildman–Crippen MR) is 116 cm³/mol. The van der Waals surface area contributed by atoms with E-state index in [1.165, 1.54) is 18.4 Å².